The zero-order chi connectivity index (χ0) is 16.9. The van der Waals surface area contributed by atoms with Gasteiger partial charge in [-0.05, 0) is 27.9 Å². The fourth-order valence-corrected chi connectivity index (χ4v) is 3.26. The van der Waals surface area contributed by atoms with Gasteiger partial charge < -0.3 is 9.80 Å². The molecule has 5 nitrogen and oxygen atoms in total. The van der Waals surface area contributed by atoms with Crippen molar-refractivity contribution in [3.63, 3.8) is 0 Å². The van der Waals surface area contributed by atoms with E-state index in [1.165, 1.54) is 0 Å². The molecule has 1 aliphatic heterocycles. The number of carbonyl (C=O) groups excluding carboxylic acids is 1. The second-order valence-corrected chi connectivity index (χ2v) is 6.80. The number of halogens is 1. The minimum Gasteiger partial charge on any atom is -0.339 e. The quantitative estimate of drug-likeness (QED) is 0.807. The predicted octanol–water partition coefficient (Wildman–Crippen LogP) is 3.08. The van der Waals surface area contributed by atoms with Gasteiger partial charge in [0, 0.05) is 38.6 Å². The molecule has 0 spiro atoms. The summed E-state index contributed by atoms with van der Waals surface area (Å²) in [6, 6.07) is 10.1. The molecule has 1 aromatic carbocycles. The molecule has 1 aromatic heterocycles. The molecule has 2 heterocycles. The largest absolute Gasteiger partial charge is 0.339 e. The second kappa shape index (κ2) is 7.75. The molecular weight excluding hydrogens is 368 g/mol. The Morgan fingerprint density at radius 2 is 1.75 bits per heavy atom. The Labute approximate surface area is 150 Å². The normalized spacial score (nSPS) is 16.1. The molecule has 0 bridgehead atoms. The first kappa shape index (κ1) is 16.9. The fraction of sp³-hybridized carbons (Fsp3) is 0.389. The van der Waals surface area contributed by atoms with E-state index in [-0.39, 0.29) is 11.8 Å². The molecule has 24 heavy (non-hydrogen) atoms. The predicted molar refractivity (Wildman–Crippen MR) is 98.0 cm³/mol. The standard InChI is InChI=1S/C18H21BrN4O/c1-2-16(14-6-4-3-5-7-14)17(24)22-8-10-23(11-9-22)18-20-12-15(19)13-21-18/h3-7,12-13,16H,2,8-11H2,1H3. The topological polar surface area (TPSA) is 49.3 Å². The van der Waals surface area contributed by atoms with Gasteiger partial charge >= 0.3 is 0 Å². The van der Waals surface area contributed by atoms with Gasteiger partial charge in [-0.25, -0.2) is 9.97 Å². The summed E-state index contributed by atoms with van der Waals surface area (Å²) < 4.78 is 0.869. The smallest absolute Gasteiger partial charge is 0.230 e. The molecule has 1 saturated heterocycles. The zero-order valence-electron chi connectivity index (χ0n) is 13.7. The molecule has 3 rings (SSSR count). The monoisotopic (exact) mass is 388 g/mol. The van der Waals surface area contributed by atoms with Gasteiger partial charge in [-0.2, -0.15) is 0 Å². The number of carbonyl (C=O) groups is 1. The molecule has 1 atom stereocenters. The van der Waals surface area contributed by atoms with Crippen molar-refractivity contribution in [2.24, 2.45) is 0 Å². The maximum absolute atomic E-state index is 12.9. The minimum atomic E-state index is -0.0540. The number of benzene rings is 1. The Morgan fingerprint density at radius 1 is 1.12 bits per heavy atom. The van der Waals surface area contributed by atoms with Crippen molar-refractivity contribution in [3.8, 4) is 0 Å². The van der Waals surface area contributed by atoms with Crippen LogP contribution in [0, 0.1) is 0 Å². The van der Waals surface area contributed by atoms with Crippen molar-refractivity contribution in [1.82, 2.24) is 14.9 Å². The highest BCUT2D eigenvalue weighted by molar-refractivity contribution is 9.10. The average molecular weight is 389 g/mol. The van der Waals surface area contributed by atoms with Gasteiger partial charge in [0.2, 0.25) is 11.9 Å². The van der Waals surface area contributed by atoms with Gasteiger partial charge in [0.25, 0.3) is 0 Å². The highest BCUT2D eigenvalue weighted by atomic mass is 79.9. The number of rotatable bonds is 4. The van der Waals surface area contributed by atoms with Gasteiger partial charge in [0.15, 0.2) is 0 Å². The van der Waals surface area contributed by atoms with E-state index < -0.39 is 0 Å². The van der Waals surface area contributed by atoms with Crippen LogP contribution in [0.5, 0.6) is 0 Å². The molecule has 1 unspecified atom stereocenters. The Bertz CT molecular complexity index is 669. The molecular formula is C18H21BrN4O. The van der Waals surface area contributed by atoms with Crippen molar-refractivity contribution in [1.29, 1.82) is 0 Å². The first-order chi connectivity index (χ1) is 11.7. The number of amides is 1. The van der Waals surface area contributed by atoms with Gasteiger partial charge in [0.1, 0.15) is 0 Å². The fourth-order valence-electron chi connectivity index (χ4n) is 3.05. The van der Waals surface area contributed by atoms with E-state index in [0.29, 0.717) is 13.1 Å². The third-order valence-electron chi connectivity index (χ3n) is 4.39. The first-order valence-electron chi connectivity index (χ1n) is 8.25. The van der Waals surface area contributed by atoms with E-state index in [4.69, 9.17) is 0 Å². The Hall–Kier alpha value is -1.95. The molecule has 2 aromatic rings. The van der Waals surface area contributed by atoms with Gasteiger partial charge in [-0.1, -0.05) is 37.3 Å². The summed E-state index contributed by atoms with van der Waals surface area (Å²) in [5.74, 6) is 0.891. The number of piperazine rings is 1. The average Bonchev–Trinajstić information content (AvgIpc) is 2.64. The van der Waals surface area contributed by atoms with Gasteiger partial charge in [-0.15, -0.1) is 0 Å². The number of nitrogens with zero attached hydrogens (tertiary/aromatic N) is 4. The van der Waals surface area contributed by atoms with Crippen LogP contribution < -0.4 is 4.90 Å². The van der Waals surface area contributed by atoms with Crippen molar-refractivity contribution < 1.29 is 4.79 Å². The molecule has 126 valence electrons. The zero-order valence-corrected chi connectivity index (χ0v) is 15.3. The first-order valence-corrected chi connectivity index (χ1v) is 9.04. The summed E-state index contributed by atoms with van der Waals surface area (Å²) in [4.78, 5) is 25.7. The van der Waals surface area contributed by atoms with Crippen molar-refractivity contribution in [2.75, 3.05) is 31.1 Å². The highest BCUT2D eigenvalue weighted by Gasteiger charge is 2.28. The third-order valence-corrected chi connectivity index (χ3v) is 4.80. The summed E-state index contributed by atoms with van der Waals surface area (Å²) >= 11 is 3.35. The van der Waals surface area contributed by atoms with Crippen LogP contribution in [0.2, 0.25) is 0 Å². The molecule has 6 heteroatoms. The number of hydrogen-bond donors (Lipinski definition) is 0. The SMILES string of the molecule is CCC(C(=O)N1CCN(c2ncc(Br)cn2)CC1)c1ccccc1. The van der Waals surface area contributed by atoms with Crippen molar-refractivity contribution in [2.45, 2.75) is 19.3 Å². The van der Waals surface area contributed by atoms with Crippen LogP contribution >= 0.6 is 15.9 Å². The molecule has 0 radical (unpaired) electrons. The maximum atomic E-state index is 12.9. The summed E-state index contributed by atoms with van der Waals surface area (Å²) in [5.41, 5.74) is 1.10. The Balaban J connectivity index is 1.63. The van der Waals surface area contributed by atoms with Crippen LogP contribution in [0.25, 0.3) is 0 Å². The molecule has 0 saturated carbocycles. The van der Waals surface area contributed by atoms with E-state index in [0.717, 1.165) is 35.5 Å². The highest BCUT2D eigenvalue weighted by Crippen LogP contribution is 2.23. The number of aromatic nitrogens is 2. The summed E-state index contributed by atoms with van der Waals surface area (Å²) in [6.07, 6.45) is 4.32. The Morgan fingerprint density at radius 3 is 2.33 bits per heavy atom. The van der Waals surface area contributed by atoms with Crippen LogP contribution in [0.3, 0.4) is 0 Å². The molecule has 0 N–H and O–H groups in total. The van der Waals surface area contributed by atoms with Crippen molar-refractivity contribution in [3.05, 3.63) is 52.8 Å². The van der Waals surface area contributed by atoms with Crippen LogP contribution in [-0.2, 0) is 4.79 Å². The van der Waals surface area contributed by atoms with E-state index in [1.54, 1.807) is 12.4 Å². The van der Waals surface area contributed by atoms with Crippen LogP contribution in [0.15, 0.2) is 47.2 Å². The minimum absolute atomic E-state index is 0.0540. The molecule has 0 aliphatic carbocycles. The van der Waals surface area contributed by atoms with Gasteiger partial charge in [0.05, 0.1) is 10.4 Å². The van der Waals surface area contributed by atoms with E-state index in [2.05, 4.69) is 37.7 Å². The maximum Gasteiger partial charge on any atom is 0.230 e. The number of hydrogen-bond acceptors (Lipinski definition) is 4. The molecule has 1 aliphatic rings. The summed E-state index contributed by atoms with van der Waals surface area (Å²) in [5, 5.41) is 0. The lowest BCUT2D eigenvalue weighted by atomic mass is 9.95. The van der Waals surface area contributed by atoms with E-state index >= 15 is 0 Å². The second-order valence-electron chi connectivity index (χ2n) is 5.89. The van der Waals surface area contributed by atoms with Crippen LogP contribution in [-0.4, -0.2) is 47.0 Å². The molecule has 1 amide bonds. The van der Waals surface area contributed by atoms with E-state index in [9.17, 15) is 4.79 Å². The third kappa shape index (κ3) is 3.75. The Kier molecular flexibility index (Phi) is 5.45. The lowest BCUT2D eigenvalue weighted by Gasteiger charge is -2.36. The van der Waals surface area contributed by atoms with Crippen molar-refractivity contribution >= 4 is 27.8 Å². The molecule has 1 fully saturated rings. The number of anilines is 1. The van der Waals surface area contributed by atoms with Crippen LogP contribution in [0.1, 0.15) is 24.8 Å². The van der Waals surface area contributed by atoms with E-state index in [1.807, 2.05) is 35.2 Å². The summed E-state index contributed by atoms with van der Waals surface area (Å²) in [7, 11) is 0. The van der Waals surface area contributed by atoms with Crippen LogP contribution in [0.4, 0.5) is 5.95 Å². The lowest BCUT2D eigenvalue weighted by Crippen LogP contribution is -2.50. The summed E-state index contributed by atoms with van der Waals surface area (Å²) in [6.45, 7) is 5.02. The van der Waals surface area contributed by atoms with Gasteiger partial charge in [-0.3, -0.25) is 4.79 Å². The lowest BCUT2D eigenvalue weighted by molar-refractivity contribution is -0.133.